The van der Waals surface area contributed by atoms with E-state index < -0.39 is 18.0 Å². The van der Waals surface area contributed by atoms with Crippen LogP contribution in [0.4, 0.5) is 0 Å². The van der Waals surface area contributed by atoms with E-state index in [1.807, 2.05) is 32.0 Å². The third kappa shape index (κ3) is 6.52. The first-order valence-corrected chi connectivity index (χ1v) is 13.2. The average Bonchev–Trinajstić information content (AvgIpc) is 3.27. The number of carbonyl (C=O) groups excluding carboxylic acids is 2. The molecule has 0 saturated carbocycles. The smallest absolute Gasteiger partial charge is 0.337 e. The van der Waals surface area contributed by atoms with E-state index in [-0.39, 0.29) is 5.91 Å². The zero-order chi connectivity index (χ0) is 26.9. The number of aliphatic hydroxyl groups excluding tert-OH is 1. The van der Waals surface area contributed by atoms with E-state index >= 15 is 0 Å². The van der Waals surface area contributed by atoms with E-state index in [9.17, 15) is 14.7 Å². The minimum absolute atomic E-state index is 0.108. The first-order chi connectivity index (χ1) is 17.9. The fourth-order valence-electron chi connectivity index (χ4n) is 4.83. The van der Waals surface area contributed by atoms with Gasteiger partial charge in [0.1, 0.15) is 5.75 Å². The van der Waals surface area contributed by atoms with Crippen molar-refractivity contribution in [3.8, 4) is 5.75 Å². The highest BCUT2D eigenvalue weighted by Crippen LogP contribution is 2.31. The van der Waals surface area contributed by atoms with Gasteiger partial charge >= 0.3 is 5.97 Å². The fourth-order valence-corrected chi connectivity index (χ4v) is 4.83. The Hall–Kier alpha value is -3.32. The number of ether oxygens (including phenoxy) is 2. The van der Waals surface area contributed by atoms with Crippen LogP contribution in [-0.4, -0.2) is 42.3 Å². The summed E-state index contributed by atoms with van der Waals surface area (Å²) >= 11 is 0. The number of aliphatic hydroxyl groups is 1. The zero-order valence-electron chi connectivity index (χ0n) is 22.7. The number of fused-ring (bicyclic) bond motifs is 1. The second-order valence-corrected chi connectivity index (χ2v) is 9.39. The van der Waals surface area contributed by atoms with Crippen LogP contribution in [0.15, 0.2) is 42.6 Å². The van der Waals surface area contributed by atoms with Gasteiger partial charge < -0.3 is 24.5 Å². The molecule has 0 spiro atoms. The van der Waals surface area contributed by atoms with Crippen molar-refractivity contribution in [3.05, 3.63) is 64.8 Å². The highest BCUT2D eigenvalue weighted by Gasteiger charge is 2.27. The normalized spacial score (nSPS) is 12.8. The van der Waals surface area contributed by atoms with Crippen LogP contribution in [0.1, 0.15) is 73.2 Å². The Morgan fingerprint density at radius 1 is 1.00 bits per heavy atom. The first-order valence-electron chi connectivity index (χ1n) is 13.2. The maximum Gasteiger partial charge on any atom is 0.337 e. The van der Waals surface area contributed by atoms with Crippen molar-refractivity contribution < 1.29 is 24.2 Å². The molecular formula is C30H40N2O5. The molecule has 7 heteroatoms. The Labute approximate surface area is 219 Å². The maximum absolute atomic E-state index is 12.7. The van der Waals surface area contributed by atoms with Gasteiger partial charge in [-0.25, -0.2) is 4.79 Å². The van der Waals surface area contributed by atoms with E-state index in [1.54, 1.807) is 19.2 Å². The molecule has 2 atom stereocenters. The lowest BCUT2D eigenvalue weighted by Gasteiger charge is -2.21. The van der Waals surface area contributed by atoms with E-state index in [1.165, 1.54) is 12.7 Å². The molecule has 1 heterocycles. The lowest BCUT2D eigenvalue weighted by molar-refractivity contribution is -0.128. The van der Waals surface area contributed by atoms with Crippen molar-refractivity contribution in [1.29, 1.82) is 0 Å². The van der Waals surface area contributed by atoms with Crippen LogP contribution >= 0.6 is 0 Å². The molecule has 2 aromatic carbocycles. The molecule has 2 N–H and O–H groups in total. The lowest BCUT2D eigenvalue weighted by Crippen LogP contribution is -2.34. The summed E-state index contributed by atoms with van der Waals surface area (Å²) < 4.78 is 12.6. The van der Waals surface area contributed by atoms with Crippen LogP contribution in [-0.2, 0) is 28.9 Å². The standard InChI is InChI=1S/C30H40N2O5/c1-6-15-31-29(34)24(8-3)28(33)21-13-14-26-25(17-21)23(19-32(26)16-7-2)12-10-20-9-11-22(30(35)37-5)18-27(20)36-4/h9,11,13-14,17-19,24,28,33H,6-8,10,12,15-16H2,1-5H3,(H,31,34). The molecular weight excluding hydrogens is 468 g/mol. The number of aryl methyl sites for hydroxylation is 3. The molecule has 7 nitrogen and oxygen atoms in total. The summed E-state index contributed by atoms with van der Waals surface area (Å²) in [6, 6.07) is 11.4. The van der Waals surface area contributed by atoms with Crippen LogP contribution in [0, 0.1) is 5.92 Å². The van der Waals surface area contributed by atoms with Gasteiger partial charge in [0.25, 0.3) is 0 Å². The van der Waals surface area contributed by atoms with Gasteiger partial charge in [-0.2, -0.15) is 0 Å². The fraction of sp³-hybridized carbons (Fsp3) is 0.467. The van der Waals surface area contributed by atoms with Gasteiger partial charge in [-0.15, -0.1) is 0 Å². The van der Waals surface area contributed by atoms with Gasteiger partial charge in [-0.3, -0.25) is 4.79 Å². The summed E-state index contributed by atoms with van der Waals surface area (Å²) in [4.78, 5) is 24.6. The SMILES string of the molecule is CCCNC(=O)C(CC)C(O)c1ccc2c(c1)c(CCc1ccc(C(=O)OC)cc1OC)cn2CCC. The number of nitrogens with one attached hydrogen (secondary N) is 1. The van der Waals surface area contributed by atoms with Crippen molar-refractivity contribution in [3.63, 3.8) is 0 Å². The van der Waals surface area contributed by atoms with Gasteiger partial charge in [-0.1, -0.05) is 32.9 Å². The number of methoxy groups -OCH3 is 2. The van der Waals surface area contributed by atoms with Gasteiger partial charge in [0.2, 0.25) is 5.91 Å². The molecule has 2 unspecified atom stereocenters. The monoisotopic (exact) mass is 508 g/mol. The summed E-state index contributed by atoms with van der Waals surface area (Å²) in [6.45, 7) is 7.59. The predicted molar refractivity (Wildman–Crippen MR) is 146 cm³/mol. The lowest BCUT2D eigenvalue weighted by atomic mass is 9.91. The minimum atomic E-state index is -0.875. The van der Waals surface area contributed by atoms with Crippen LogP contribution in [0.2, 0.25) is 0 Å². The second-order valence-electron chi connectivity index (χ2n) is 9.39. The summed E-state index contributed by atoms with van der Waals surface area (Å²) in [7, 11) is 2.96. The molecule has 37 heavy (non-hydrogen) atoms. The Bertz CT molecular complexity index is 1220. The van der Waals surface area contributed by atoms with E-state index in [4.69, 9.17) is 9.47 Å². The Morgan fingerprint density at radius 2 is 1.76 bits per heavy atom. The average molecular weight is 509 g/mol. The molecule has 3 rings (SSSR count). The Morgan fingerprint density at radius 3 is 2.41 bits per heavy atom. The largest absolute Gasteiger partial charge is 0.496 e. The molecule has 0 fully saturated rings. The number of hydrogen-bond donors (Lipinski definition) is 2. The third-order valence-corrected chi connectivity index (χ3v) is 6.87. The minimum Gasteiger partial charge on any atom is -0.496 e. The molecule has 3 aromatic rings. The van der Waals surface area contributed by atoms with Crippen LogP contribution in [0.5, 0.6) is 5.75 Å². The molecule has 0 aliphatic heterocycles. The zero-order valence-corrected chi connectivity index (χ0v) is 22.7. The number of amides is 1. The van der Waals surface area contributed by atoms with Gasteiger partial charge in [0.15, 0.2) is 0 Å². The summed E-state index contributed by atoms with van der Waals surface area (Å²) in [5, 5.41) is 15.2. The topological polar surface area (TPSA) is 89.8 Å². The maximum atomic E-state index is 12.7. The van der Waals surface area contributed by atoms with Crippen molar-refractivity contribution in [2.45, 2.75) is 65.5 Å². The molecule has 1 aromatic heterocycles. The highest BCUT2D eigenvalue weighted by atomic mass is 16.5. The number of carbonyl (C=O) groups is 2. The number of rotatable bonds is 13. The number of esters is 1. The van der Waals surface area contributed by atoms with Crippen molar-refractivity contribution in [2.24, 2.45) is 5.92 Å². The van der Waals surface area contributed by atoms with Gasteiger partial charge in [0, 0.05) is 30.2 Å². The van der Waals surface area contributed by atoms with Gasteiger partial charge in [0.05, 0.1) is 31.8 Å². The van der Waals surface area contributed by atoms with Crippen molar-refractivity contribution in [1.82, 2.24) is 9.88 Å². The highest BCUT2D eigenvalue weighted by molar-refractivity contribution is 5.90. The summed E-state index contributed by atoms with van der Waals surface area (Å²) in [5.41, 5.74) is 4.49. The molecule has 200 valence electrons. The molecule has 0 bridgehead atoms. The molecule has 1 amide bonds. The number of aromatic nitrogens is 1. The number of nitrogens with zero attached hydrogens (tertiary/aromatic N) is 1. The Balaban J connectivity index is 1.92. The van der Waals surface area contributed by atoms with Gasteiger partial charge in [-0.05, 0) is 73.1 Å². The third-order valence-electron chi connectivity index (χ3n) is 6.87. The van der Waals surface area contributed by atoms with E-state index in [0.717, 1.165) is 54.3 Å². The van der Waals surface area contributed by atoms with E-state index in [2.05, 4.69) is 29.1 Å². The molecule has 0 radical (unpaired) electrons. The first kappa shape index (κ1) is 28.3. The van der Waals surface area contributed by atoms with Crippen LogP contribution in [0.3, 0.4) is 0 Å². The van der Waals surface area contributed by atoms with Crippen LogP contribution < -0.4 is 10.1 Å². The van der Waals surface area contributed by atoms with Crippen LogP contribution in [0.25, 0.3) is 10.9 Å². The van der Waals surface area contributed by atoms with E-state index in [0.29, 0.717) is 24.3 Å². The van der Waals surface area contributed by atoms with Crippen molar-refractivity contribution >= 4 is 22.8 Å². The summed E-state index contributed by atoms with van der Waals surface area (Å²) in [5.74, 6) is -0.349. The molecule has 0 aliphatic rings. The molecule has 0 aliphatic carbocycles. The Kier molecular flexibility index (Phi) is 10.1. The number of hydrogen-bond acceptors (Lipinski definition) is 5. The molecule has 0 saturated heterocycles. The summed E-state index contributed by atoms with van der Waals surface area (Å²) in [6.07, 6.45) is 5.21. The number of benzene rings is 2. The van der Waals surface area contributed by atoms with Crippen molar-refractivity contribution in [2.75, 3.05) is 20.8 Å². The quantitative estimate of drug-likeness (QED) is 0.309. The predicted octanol–water partition coefficient (Wildman–Crippen LogP) is 5.22. The second kappa shape index (κ2) is 13.3.